The Morgan fingerprint density at radius 1 is 1.30 bits per heavy atom. The molecule has 6 heteroatoms. The lowest BCUT2D eigenvalue weighted by molar-refractivity contribution is 0.0793. The van der Waals surface area contributed by atoms with Gasteiger partial charge in [0.15, 0.2) is 0 Å². The molecule has 1 fully saturated rings. The lowest BCUT2D eigenvalue weighted by atomic mass is 10.2. The van der Waals surface area contributed by atoms with E-state index in [1.807, 2.05) is 34.9 Å². The third-order valence-electron chi connectivity index (χ3n) is 3.90. The van der Waals surface area contributed by atoms with Gasteiger partial charge in [0.2, 0.25) is 5.91 Å². The van der Waals surface area contributed by atoms with E-state index in [0.717, 1.165) is 25.3 Å². The van der Waals surface area contributed by atoms with Gasteiger partial charge in [-0.3, -0.25) is 9.59 Å². The number of nitrogens with two attached hydrogens (primary N) is 1. The van der Waals surface area contributed by atoms with Crippen LogP contribution >= 0.6 is 23.1 Å². The number of benzene rings is 1. The standard InChI is InChI=1S/C17H18N2O2S2/c18-16(20)13-8-15(23-11-13)17(21)19-7-6-12(9-19)10-22-14-4-2-1-3-5-14/h1-5,8,11-12H,6-7,9-10H2,(H2,18,20)/t12-/m1/s1. The average Bonchev–Trinajstić information content (AvgIpc) is 3.23. The van der Waals surface area contributed by atoms with E-state index in [2.05, 4.69) is 12.1 Å². The topological polar surface area (TPSA) is 63.4 Å². The number of carbonyl (C=O) groups is 2. The van der Waals surface area contributed by atoms with Gasteiger partial charge in [0.05, 0.1) is 10.4 Å². The van der Waals surface area contributed by atoms with Gasteiger partial charge >= 0.3 is 0 Å². The summed E-state index contributed by atoms with van der Waals surface area (Å²) < 4.78 is 0. The molecule has 3 rings (SSSR count). The molecule has 1 aliphatic heterocycles. The second-order valence-electron chi connectivity index (χ2n) is 5.59. The molecule has 2 heterocycles. The van der Waals surface area contributed by atoms with E-state index < -0.39 is 5.91 Å². The molecule has 0 bridgehead atoms. The number of thioether (sulfide) groups is 1. The van der Waals surface area contributed by atoms with Crippen molar-refractivity contribution in [1.82, 2.24) is 4.90 Å². The molecular weight excluding hydrogens is 328 g/mol. The van der Waals surface area contributed by atoms with E-state index >= 15 is 0 Å². The lowest BCUT2D eigenvalue weighted by Crippen LogP contribution is -2.28. The fourth-order valence-electron chi connectivity index (χ4n) is 2.62. The Balaban J connectivity index is 1.54. The highest BCUT2D eigenvalue weighted by Crippen LogP contribution is 2.27. The van der Waals surface area contributed by atoms with Crippen LogP contribution in [0.15, 0.2) is 46.7 Å². The van der Waals surface area contributed by atoms with Gasteiger partial charge in [0.1, 0.15) is 0 Å². The monoisotopic (exact) mass is 346 g/mol. The summed E-state index contributed by atoms with van der Waals surface area (Å²) in [5.74, 6) is 1.05. The zero-order valence-corrected chi connectivity index (χ0v) is 14.2. The molecule has 1 aromatic carbocycles. The van der Waals surface area contributed by atoms with Crippen LogP contribution in [0.25, 0.3) is 0 Å². The molecular formula is C17H18N2O2S2. The third-order valence-corrected chi connectivity index (χ3v) is 6.06. The van der Waals surface area contributed by atoms with Crippen LogP contribution in [0.2, 0.25) is 0 Å². The summed E-state index contributed by atoms with van der Waals surface area (Å²) in [6, 6.07) is 11.9. The minimum atomic E-state index is -0.487. The van der Waals surface area contributed by atoms with Gasteiger partial charge in [0.25, 0.3) is 5.91 Å². The molecule has 2 amide bonds. The fraction of sp³-hybridized carbons (Fsp3) is 0.294. The Bertz CT molecular complexity index is 700. The molecule has 1 aromatic heterocycles. The first-order valence-corrected chi connectivity index (χ1v) is 9.35. The first-order valence-electron chi connectivity index (χ1n) is 7.49. The first kappa shape index (κ1) is 16.1. The van der Waals surface area contributed by atoms with Crippen molar-refractivity contribution in [1.29, 1.82) is 0 Å². The van der Waals surface area contributed by atoms with Gasteiger partial charge in [-0.25, -0.2) is 0 Å². The highest BCUT2D eigenvalue weighted by Gasteiger charge is 2.28. The minimum absolute atomic E-state index is 0.00899. The van der Waals surface area contributed by atoms with E-state index in [9.17, 15) is 9.59 Å². The molecule has 2 N–H and O–H groups in total. The number of carbonyl (C=O) groups excluding carboxylic acids is 2. The second kappa shape index (κ2) is 7.19. The summed E-state index contributed by atoms with van der Waals surface area (Å²) in [5.41, 5.74) is 5.65. The molecule has 0 radical (unpaired) electrons. The second-order valence-corrected chi connectivity index (χ2v) is 7.60. The highest BCUT2D eigenvalue weighted by molar-refractivity contribution is 7.99. The Labute approximate surface area is 143 Å². The molecule has 0 spiro atoms. The van der Waals surface area contributed by atoms with E-state index in [4.69, 9.17) is 5.73 Å². The molecule has 1 saturated heterocycles. The zero-order chi connectivity index (χ0) is 16.2. The molecule has 0 unspecified atom stereocenters. The number of thiophene rings is 1. The Morgan fingerprint density at radius 2 is 2.09 bits per heavy atom. The van der Waals surface area contributed by atoms with E-state index in [1.54, 1.807) is 11.4 Å². The first-order chi connectivity index (χ1) is 11.1. The van der Waals surface area contributed by atoms with Crippen molar-refractivity contribution in [3.05, 3.63) is 52.2 Å². The van der Waals surface area contributed by atoms with Crippen molar-refractivity contribution in [2.45, 2.75) is 11.3 Å². The Kier molecular flexibility index (Phi) is 5.03. The van der Waals surface area contributed by atoms with Gasteiger partial charge in [-0.05, 0) is 30.5 Å². The van der Waals surface area contributed by atoms with Gasteiger partial charge in [-0.15, -0.1) is 23.1 Å². The van der Waals surface area contributed by atoms with E-state index in [1.165, 1.54) is 16.2 Å². The van der Waals surface area contributed by atoms with Crippen LogP contribution in [0.1, 0.15) is 26.5 Å². The third kappa shape index (κ3) is 3.95. The number of hydrogen-bond donors (Lipinski definition) is 1. The number of primary amides is 1. The van der Waals surface area contributed by atoms with Crippen molar-refractivity contribution < 1.29 is 9.59 Å². The number of likely N-dealkylation sites (tertiary alicyclic amines) is 1. The zero-order valence-electron chi connectivity index (χ0n) is 12.6. The Hall–Kier alpha value is -1.79. The van der Waals surface area contributed by atoms with Crippen LogP contribution in [0.5, 0.6) is 0 Å². The molecule has 2 aromatic rings. The molecule has 1 atom stereocenters. The van der Waals surface area contributed by atoms with Crippen molar-refractivity contribution in [3.63, 3.8) is 0 Å². The predicted octanol–water partition coefficient (Wildman–Crippen LogP) is 3.10. The maximum absolute atomic E-state index is 12.5. The van der Waals surface area contributed by atoms with Crippen LogP contribution in [0, 0.1) is 5.92 Å². The van der Waals surface area contributed by atoms with Gasteiger partial charge in [-0.2, -0.15) is 0 Å². The van der Waals surface area contributed by atoms with Crippen LogP contribution in [-0.4, -0.2) is 35.6 Å². The normalized spacial score (nSPS) is 17.4. The molecule has 4 nitrogen and oxygen atoms in total. The highest BCUT2D eigenvalue weighted by atomic mass is 32.2. The van der Waals surface area contributed by atoms with Crippen LogP contribution in [0.4, 0.5) is 0 Å². The Morgan fingerprint density at radius 3 is 2.78 bits per heavy atom. The van der Waals surface area contributed by atoms with Gasteiger partial charge < -0.3 is 10.6 Å². The SMILES string of the molecule is NC(=O)c1csc(C(=O)N2CC[C@@H](CSc3ccccc3)C2)c1. The fourth-order valence-corrected chi connectivity index (χ4v) is 4.53. The summed E-state index contributed by atoms with van der Waals surface area (Å²) in [5, 5.41) is 1.65. The number of rotatable bonds is 5. The van der Waals surface area contributed by atoms with E-state index in [-0.39, 0.29) is 5.91 Å². The lowest BCUT2D eigenvalue weighted by Gasteiger charge is -2.15. The summed E-state index contributed by atoms with van der Waals surface area (Å²) in [7, 11) is 0. The largest absolute Gasteiger partial charge is 0.366 e. The molecule has 0 saturated carbocycles. The number of amides is 2. The summed E-state index contributed by atoms with van der Waals surface area (Å²) >= 11 is 3.13. The molecule has 120 valence electrons. The summed E-state index contributed by atoms with van der Waals surface area (Å²) in [6.45, 7) is 1.56. The maximum Gasteiger partial charge on any atom is 0.263 e. The molecule has 1 aliphatic rings. The molecule has 0 aliphatic carbocycles. The quantitative estimate of drug-likeness (QED) is 0.846. The smallest absolute Gasteiger partial charge is 0.263 e. The van der Waals surface area contributed by atoms with Crippen molar-refractivity contribution in [2.24, 2.45) is 11.7 Å². The van der Waals surface area contributed by atoms with Crippen molar-refractivity contribution >= 4 is 34.9 Å². The van der Waals surface area contributed by atoms with Gasteiger partial charge in [-0.1, -0.05) is 18.2 Å². The minimum Gasteiger partial charge on any atom is -0.366 e. The van der Waals surface area contributed by atoms with Crippen LogP contribution < -0.4 is 5.73 Å². The van der Waals surface area contributed by atoms with E-state index in [0.29, 0.717) is 16.4 Å². The van der Waals surface area contributed by atoms with Crippen LogP contribution in [-0.2, 0) is 0 Å². The maximum atomic E-state index is 12.5. The van der Waals surface area contributed by atoms with Crippen molar-refractivity contribution in [3.8, 4) is 0 Å². The summed E-state index contributed by atoms with van der Waals surface area (Å²) in [4.78, 5) is 27.4. The average molecular weight is 346 g/mol. The number of nitrogens with zero attached hydrogens (tertiary/aromatic N) is 1. The van der Waals surface area contributed by atoms with Crippen molar-refractivity contribution in [2.75, 3.05) is 18.8 Å². The van der Waals surface area contributed by atoms with Crippen LogP contribution in [0.3, 0.4) is 0 Å². The number of hydrogen-bond acceptors (Lipinski definition) is 4. The predicted molar refractivity (Wildman–Crippen MR) is 94.0 cm³/mol. The molecule has 23 heavy (non-hydrogen) atoms. The van der Waals surface area contributed by atoms with Gasteiger partial charge in [0, 0.05) is 29.1 Å². The summed E-state index contributed by atoms with van der Waals surface area (Å²) in [6.07, 6.45) is 1.03.